The van der Waals surface area contributed by atoms with Crippen molar-refractivity contribution in [2.24, 2.45) is 0 Å². The highest BCUT2D eigenvalue weighted by molar-refractivity contribution is 7.25. The maximum absolute atomic E-state index is 2.46. The molecule has 1 aliphatic carbocycles. The van der Waals surface area contributed by atoms with E-state index >= 15 is 0 Å². The number of thiophene rings is 1. The molecule has 0 saturated heterocycles. The Labute approximate surface area is 359 Å². The van der Waals surface area contributed by atoms with Crippen molar-refractivity contribution < 1.29 is 0 Å². The van der Waals surface area contributed by atoms with Crippen LogP contribution in [0.3, 0.4) is 0 Å². The molecule has 2 aromatic heterocycles. The summed E-state index contributed by atoms with van der Waals surface area (Å²) in [6.07, 6.45) is 6.60. The molecule has 288 valence electrons. The smallest absolute Gasteiger partial charge is 0.0619 e. The Balaban J connectivity index is 0.931. The fraction of sp³-hybridized carbons (Fsp3) is 0.0345. The first-order valence-electron chi connectivity index (χ1n) is 21.1. The van der Waals surface area contributed by atoms with Crippen LogP contribution < -0.4 is 4.90 Å². The summed E-state index contributed by atoms with van der Waals surface area (Å²) in [6.45, 7) is 0. The Kier molecular flexibility index (Phi) is 8.53. The molecule has 0 bridgehead atoms. The second-order valence-electron chi connectivity index (χ2n) is 16.0. The van der Waals surface area contributed by atoms with Crippen LogP contribution in [-0.2, 0) is 0 Å². The minimum Gasteiger partial charge on any atom is -0.314 e. The lowest BCUT2D eigenvalue weighted by molar-refractivity contribution is 0.930. The van der Waals surface area contributed by atoms with Crippen LogP contribution in [0.5, 0.6) is 0 Å². The van der Waals surface area contributed by atoms with E-state index in [1.54, 1.807) is 0 Å². The summed E-state index contributed by atoms with van der Waals surface area (Å²) in [6, 6.07) is 75.6. The third kappa shape index (κ3) is 6.17. The van der Waals surface area contributed by atoms with Crippen molar-refractivity contribution in [3.63, 3.8) is 0 Å². The molecular weight excluding hydrogens is 757 g/mol. The van der Waals surface area contributed by atoms with Gasteiger partial charge in [-0.15, -0.1) is 11.3 Å². The van der Waals surface area contributed by atoms with Crippen molar-refractivity contribution >= 4 is 81.0 Å². The molecule has 2 nitrogen and oxygen atoms in total. The summed E-state index contributed by atoms with van der Waals surface area (Å²) in [4.78, 5) is 2.46. The number of anilines is 2. The minimum absolute atomic E-state index is 0.959. The molecule has 12 rings (SSSR count). The molecule has 3 heteroatoms. The van der Waals surface area contributed by atoms with Gasteiger partial charge >= 0.3 is 0 Å². The fourth-order valence-electron chi connectivity index (χ4n) is 9.52. The van der Waals surface area contributed by atoms with Gasteiger partial charge in [-0.25, -0.2) is 0 Å². The summed E-state index contributed by atoms with van der Waals surface area (Å²) < 4.78 is 5.02. The number of rotatable bonds is 7. The topological polar surface area (TPSA) is 8.17 Å². The van der Waals surface area contributed by atoms with Gasteiger partial charge < -0.3 is 9.47 Å². The number of nitrogens with zero attached hydrogens (tertiary/aromatic N) is 2. The highest BCUT2D eigenvalue weighted by Crippen LogP contribution is 2.43. The van der Waals surface area contributed by atoms with Gasteiger partial charge in [0.15, 0.2) is 0 Å². The van der Waals surface area contributed by atoms with E-state index in [1.165, 1.54) is 109 Å². The van der Waals surface area contributed by atoms with E-state index in [1.807, 2.05) is 11.3 Å². The predicted octanol–water partition coefficient (Wildman–Crippen LogP) is 16.5. The lowest BCUT2D eigenvalue weighted by Gasteiger charge is -2.30. The van der Waals surface area contributed by atoms with E-state index in [4.69, 9.17) is 0 Å². The molecule has 0 unspecified atom stereocenters. The molecule has 9 aromatic carbocycles. The van der Waals surface area contributed by atoms with Crippen LogP contribution in [0.4, 0.5) is 11.4 Å². The number of hydrogen-bond acceptors (Lipinski definition) is 2. The van der Waals surface area contributed by atoms with Gasteiger partial charge in [-0.05, 0) is 112 Å². The molecule has 0 saturated carbocycles. The largest absolute Gasteiger partial charge is 0.314 e. The highest BCUT2D eigenvalue weighted by Gasteiger charge is 2.20. The second kappa shape index (κ2) is 14.7. The van der Waals surface area contributed by atoms with E-state index in [-0.39, 0.29) is 0 Å². The lowest BCUT2D eigenvalue weighted by atomic mass is 9.95. The van der Waals surface area contributed by atoms with Gasteiger partial charge in [0.25, 0.3) is 0 Å². The molecule has 0 spiro atoms. The normalized spacial score (nSPS) is 13.0. The molecule has 61 heavy (non-hydrogen) atoms. The zero-order valence-corrected chi connectivity index (χ0v) is 34.3. The Bertz CT molecular complexity index is 3500. The second-order valence-corrected chi connectivity index (χ2v) is 17.1. The first-order chi connectivity index (χ1) is 30.2. The van der Waals surface area contributed by atoms with Crippen LogP contribution in [0.15, 0.2) is 224 Å². The molecule has 0 atom stereocenters. The highest BCUT2D eigenvalue weighted by atomic mass is 32.1. The maximum Gasteiger partial charge on any atom is 0.0619 e. The molecule has 0 N–H and O–H groups in total. The molecule has 0 aliphatic heterocycles. The van der Waals surface area contributed by atoms with Crippen LogP contribution in [0.25, 0.3) is 86.3 Å². The average molecular weight is 797 g/mol. The third-order valence-electron chi connectivity index (χ3n) is 12.5. The van der Waals surface area contributed by atoms with E-state index in [9.17, 15) is 0 Å². The quantitative estimate of drug-likeness (QED) is 0.156. The van der Waals surface area contributed by atoms with Gasteiger partial charge in [-0.3, -0.25) is 0 Å². The minimum atomic E-state index is 0.959. The van der Waals surface area contributed by atoms with Crippen molar-refractivity contribution in [3.8, 4) is 27.9 Å². The van der Waals surface area contributed by atoms with Crippen molar-refractivity contribution in [2.75, 3.05) is 4.90 Å². The third-order valence-corrected chi connectivity index (χ3v) is 13.6. The van der Waals surface area contributed by atoms with Crippen LogP contribution >= 0.6 is 11.3 Å². The number of aromatic nitrogens is 1. The van der Waals surface area contributed by atoms with Crippen LogP contribution in [0.2, 0.25) is 0 Å². The summed E-state index contributed by atoms with van der Waals surface area (Å²) in [5.41, 5.74) is 14.9. The van der Waals surface area contributed by atoms with Gasteiger partial charge in [0.05, 0.1) is 11.0 Å². The molecule has 2 heterocycles. The van der Waals surface area contributed by atoms with Crippen LogP contribution in [-0.4, -0.2) is 4.57 Å². The predicted molar refractivity (Wildman–Crippen MR) is 262 cm³/mol. The van der Waals surface area contributed by atoms with E-state index < -0.39 is 0 Å². The fourth-order valence-corrected chi connectivity index (χ4v) is 10.7. The van der Waals surface area contributed by atoms with E-state index in [0.29, 0.717) is 0 Å². The van der Waals surface area contributed by atoms with Crippen LogP contribution in [0, 0.1) is 0 Å². The number of fused-ring (bicyclic) bond motifs is 8. The Hall–Kier alpha value is -7.46. The van der Waals surface area contributed by atoms with E-state index in [2.05, 4.69) is 228 Å². The van der Waals surface area contributed by atoms with Crippen molar-refractivity contribution in [1.82, 2.24) is 4.57 Å². The number of hydrogen-bond donors (Lipinski definition) is 0. The first kappa shape index (κ1) is 35.5. The van der Waals surface area contributed by atoms with E-state index in [0.717, 1.165) is 12.8 Å². The average Bonchev–Trinajstić information content (AvgIpc) is 3.88. The van der Waals surface area contributed by atoms with Crippen molar-refractivity contribution in [1.29, 1.82) is 0 Å². The molecule has 0 fully saturated rings. The number of para-hydroxylation sites is 2. The van der Waals surface area contributed by atoms with Gasteiger partial charge in [-0.2, -0.15) is 0 Å². The van der Waals surface area contributed by atoms with Crippen molar-refractivity contribution in [3.05, 3.63) is 230 Å². The van der Waals surface area contributed by atoms with Gasteiger partial charge in [0.1, 0.15) is 0 Å². The van der Waals surface area contributed by atoms with Crippen molar-refractivity contribution in [2.45, 2.75) is 12.8 Å². The first-order valence-corrected chi connectivity index (χ1v) is 21.9. The number of allylic oxidation sites excluding steroid dienone is 4. The summed E-state index contributed by atoms with van der Waals surface area (Å²) in [5.74, 6) is 0. The summed E-state index contributed by atoms with van der Waals surface area (Å²) in [5, 5.41) is 7.66. The molecule has 11 aromatic rings. The summed E-state index contributed by atoms with van der Waals surface area (Å²) >= 11 is 1.89. The van der Waals surface area contributed by atoms with Gasteiger partial charge in [0, 0.05) is 59.1 Å². The standard InChI is InChI=1S/C58H40N2S/c1-4-12-39(13-5-1)41-20-27-47(28-21-41)59(48-29-22-42(23-30-48)40-14-6-2-7-15-40)49-31-35-53-52-33-25-44(37-56(52)61-57(53)38-49)43-24-32-50-45(36-43)26-34-54-51-18-10-11-19-55(51)60(58(50)54)46-16-8-3-9-17-46/h1-22,24-29,31-38H,23,30H2. The SMILES string of the molecule is C1=C(c2ccccc2)CCC(N(c2ccc(-c3ccccc3)cc2)c2ccc3c(c2)sc2cc(-c4ccc5c(ccc6c7ccccc7n(-c7ccccc7)c56)c4)ccc23)=C1. The Morgan fingerprint density at radius 3 is 1.74 bits per heavy atom. The molecule has 0 amide bonds. The van der Waals surface area contributed by atoms with Gasteiger partial charge in [0.2, 0.25) is 0 Å². The molecule has 0 radical (unpaired) electrons. The zero-order valence-electron chi connectivity index (χ0n) is 33.5. The maximum atomic E-state index is 2.46. The molecular formula is C58H40N2S. The lowest BCUT2D eigenvalue weighted by Crippen LogP contribution is -2.17. The van der Waals surface area contributed by atoms with Gasteiger partial charge in [-0.1, -0.05) is 158 Å². The number of benzene rings is 9. The van der Waals surface area contributed by atoms with Crippen LogP contribution in [0.1, 0.15) is 18.4 Å². The molecule has 1 aliphatic rings. The monoisotopic (exact) mass is 796 g/mol. The Morgan fingerprint density at radius 1 is 0.393 bits per heavy atom. The zero-order chi connectivity index (χ0) is 40.3. The Morgan fingerprint density at radius 2 is 0.984 bits per heavy atom. The summed E-state index contributed by atoms with van der Waals surface area (Å²) in [7, 11) is 0.